The monoisotopic (exact) mass is 291 g/mol. The van der Waals surface area contributed by atoms with Gasteiger partial charge in [0, 0.05) is 11.1 Å². The van der Waals surface area contributed by atoms with Crippen molar-refractivity contribution in [1.82, 2.24) is 0 Å². The second-order valence-corrected chi connectivity index (χ2v) is 4.15. The SMILES string of the molecule is NCC#Cc1ccc(COc2cccc(F)c2F)c(F)c1. The molecule has 2 aromatic carbocycles. The van der Waals surface area contributed by atoms with Crippen LogP contribution in [0.2, 0.25) is 0 Å². The van der Waals surface area contributed by atoms with Crippen LogP contribution in [-0.2, 0) is 6.61 Å². The molecule has 0 fully saturated rings. The lowest BCUT2D eigenvalue weighted by Gasteiger charge is -2.08. The molecule has 0 atom stereocenters. The van der Waals surface area contributed by atoms with Gasteiger partial charge in [0.1, 0.15) is 12.4 Å². The molecule has 0 aliphatic rings. The Labute approximate surface area is 120 Å². The second kappa shape index (κ2) is 6.82. The van der Waals surface area contributed by atoms with Crippen LogP contribution in [0.25, 0.3) is 0 Å². The molecular formula is C16H12F3NO. The van der Waals surface area contributed by atoms with Gasteiger partial charge >= 0.3 is 0 Å². The number of halogens is 3. The maximum absolute atomic E-state index is 13.8. The molecule has 0 aromatic heterocycles. The van der Waals surface area contributed by atoms with E-state index in [1.54, 1.807) is 6.07 Å². The van der Waals surface area contributed by atoms with Crippen LogP contribution in [0, 0.1) is 29.3 Å². The average Bonchev–Trinajstić information content (AvgIpc) is 2.48. The summed E-state index contributed by atoms with van der Waals surface area (Å²) in [5.41, 5.74) is 5.93. The number of nitrogens with two attached hydrogens (primary N) is 1. The van der Waals surface area contributed by atoms with Crippen molar-refractivity contribution in [3.05, 3.63) is 65.0 Å². The third-order valence-corrected chi connectivity index (χ3v) is 2.69. The lowest BCUT2D eigenvalue weighted by atomic mass is 10.1. The van der Waals surface area contributed by atoms with E-state index in [9.17, 15) is 13.2 Å². The zero-order chi connectivity index (χ0) is 15.2. The summed E-state index contributed by atoms with van der Waals surface area (Å²) in [5.74, 6) is 2.41. The van der Waals surface area contributed by atoms with Crippen molar-refractivity contribution >= 4 is 0 Å². The fourth-order valence-corrected chi connectivity index (χ4v) is 1.65. The Morgan fingerprint density at radius 2 is 1.86 bits per heavy atom. The molecular weight excluding hydrogens is 279 g/mol. The number of ether oxygens (including phenoxy) is 1. The quantitative estimate of drug-likeness (QED) is 0.882. The number of rotatable bonds is 3. The molecule has 2 aromatic rings. The van der Waals surface area contributed by atoms with Crippen LogP contribution < -0.4 is 10.5 Å². The number of hydrogen-bond donors (Lipinski definition) is 1. The summed E-state index contributed by atoms with van der Waals surface area (Å²) >= 11 is 0. The first-order chi connectivity index (χ1) is 10.1. The summed E-state index contributed by atoms with van der Waals surface area (Å²) in [6, 6.07) is 7.89. The van der Waals surface area contributed by atoms with Crippen LogP contribution in [0.1, 0.15) is 11.1 Å². The van der Waals surface area contributed by atoms with Crippen molar-refractivity contribution in [2.24, 2.45) is 5.73 Å². The zero-order valence-corrected chi connectivity index (χ0v) is 11.0. The Bertz CT molecular complexity index is 704. The van der Waals surface area contributed by atoms with Gasteiger partial charge in [-0.2, -0.15) is 4.39 Å². The third-order valence-electron chi connectivity index (χ3n) is 2.69. The van der Waals surface area contributed by atoms with E-state index < -0.39 is 17.5 Å². The minimum absolute atomic E-state index is 0.186. The van der Waals surface area contributed by atoms with Crippen LogP contribution in [0.5, 0.6) is 5.75 Å². The second-order valence-electron chi connectivity index (χ2n) is 4.15. The summed E-state index contributed by atoms with van der Waals surface area (Å²) in [5, 5.41) is 0. The molecule has 0 spiro atoms. The number of hydrogen-bond acceptors (Lipinski definition) is 2. The van der Waals surface area contributed by atoms with Gasteiger partial charge in [-0.3, -0.25) is 0 Å². The summed E-state index contributed by atoms with van der Waals surface area (Å²) < 4.78 is 45.3. The maximum Gasteiger partial charge on any atom is 0.200 e. The minimum atomic E-state index is -1.09. The van der Waals surface area contributed by atoms with Crippen molar-refractivity contribution in [2.75, 3.05) is 6.54 Å². The van der Waals surface area contributed by atoms with Gasteiger partial charge in [-0.1, -0.05) is 24.0 Å². The summed E-state index contributed by atoms with van der Waals surface area (Å²) in [4.78, 5) is 0. The first-order valence-electron chi connectivity index (χ1n) is 6.16. The Morgan fingerprint density at radius 1 is 1.05 bits per heavy atom. The van der Waals surface area contributed by atoms with Gasteiger partial charge in [-0.15, -0.1) is 0 Å². The Hall–Kier alpha value is -2.45. The van der Waals surface area contributed by atoms with E-state index in [0.29, 0.717) is 5.56 Å². The third kappa shape index (κ3) is 3.77. The highest BCUT2D eigenvalue weighted by molar-refractivity contribution is 5.37. The molecule has 0 amide bonds. The smallest absolute Gasteiger partial charge is 0.200 e. The van der Waals surface area contributed by atoms with Gasteiger partial charge in [-0.05, 0) is 24.3 Å². The fourth-order valence-electron chi connectivity index (χ4n) is 1.65. The summed E-state index contributed by atoms with van der Waals surface area (Å²) in [6.07, 6.45) is 0. The average molecular weight is 291 g/mol. The largest absolute Gasteiger partial charge is 0.486 e. The van der Waals surface area contributed by atoms with Gasteiger partial charge in [0.15, 0.2) is 11.6 Å². The molecule has 0 saturated carbocycles. The predicted molar refractivity (Wildman–Crippen MR) is 73.0 cm³/mol. The molecule has 0 aliphatic heterocycles. The first kappa shape index (κ1) is 14.9. The Balaban J connectivity index is 2.12. The zero-order valence-electron chi connectivity index (χ0n) is 11.0. The van der Waals surface area contributed by atoms with E-state index in [2.05, 4.69) is 11.8 Å². The maximum atomic E-state index is 13.8. The van der Waals surface area contributed by atoms with E-state index in [4.69, 9.17) is 10.5 Å². The normalized spacial score (nSPS) is 9.90. The van der Waals surface area contributed by atoms with E-state index in [1.165, 1.54) is 24.3 Å². The van der Waals surface area contributed by atoms with Crippen LogP contribution in [0.3, 0.4) is 0 Å². The molecule has 2 rings (SSSR count). The molecule has 0 aliphatic carbocycles. The van der Waals surface area contributed by atoms with Crippen molar-refractivity contribution in [3.8, 4) is 17.6 Å². The molecule has 0 radical (unpaired) electrons. The van der Waals surface area contributed by atoms with Gasteiger partial charge in [-0.25, -0.2) is 8.78 Å². The molecule has 0 bridgehead atoms. The highest BCUT2D eigenvalue weighted by atomic mass is 19.2. The highest BCUT2D eigenvalue weighted by Gasteiger charge is 2.10. The molecule has 108 valence electrons. The molecule has 0 heterocycles. The molecule has 5 heteroatoms. The van der Waals surface area contributed by atoms with Gasteiger partial charge in [0.05, 0.1) is 6.54 Å². The van der Waals surface area contributed by atoms with E-state index in [-0.39, 0.29) is 24.5 Å². The van der Waals surface area contributed by atoms with Crippen LogP contribution in [-0.4, -0.2) is 6.54 Å². The Kier molecular flexibility index (Phi) is 4.85. The van der Waals surface area contributed by atoms with Crippen molar-refractivity contribution in [1.29, 1.82) is 0 Å². The molecule has 0 unspecified atom stereocenters. The van der Waals surface area contributed by atoms with E-state index in [1.807, 2.05) is 0 Å². The highest BCUT2D eigenvalue weighted by Crippen LogP contribution is 2.21. The molecule has 0 saturated heterocycles. The van der Waals surface area contributed by atoms with Gasteiger partial charge < -0.3 is 10.5 Å². The standard InChI is InChI=1S/C16H12F3NO/c17-13-4-1-5-15(16(13)19)21-10-12-7-6-11(3-2-8-20)9-14(12)18/h1,4-7,9H,8,10,20H2. The molecule has 21 heavy (non-hydrogen) atoms. The van der Waals surface area contributed by atoms with E-state index >= 15 is 0 Å². The topological polar surface area (TPSA) is 35.2 Å². The minimum Gasteiger partial charge on any atom is -0.486 e. The Morgan fingerprint density at radius 3 is 2.57 bits per heavy atom. The van der Waals surface area contributed by atoms with Gasteiger partial charge in [0.25, 0.3) is 0 Å². The van der Waals surface area contributed by atoms with Gasteiger partial charge in [0.2, 0.25) is 5.82 Å². The lowest BCUT2D eigenvalue weighted by molar-refractivity contribution is 0.279. The fraction of sp³-hybridized carbons (Fsp3) is 0.125. The van der Waals surface area contributed by atoms with Crippen molar-refractivity contribution in [3.63, 3.8) is 0 Å². The van der Waals surface area contributed by atoms with Crippen molar-refractivity contribution in [2.45, 2.75) is 6.61 Å². The lowest BCUT2D eigenvalue weighted by Crippen LogP contribution is -2.01. The van der Waals surface area contributed by atoms with Crippen LogP contribution in [0.15, 0.2) is 36.4 Å². The summed E-state index contributed by atoms with van der Waals surface area (Å²) in [6.45, 7) is -0.0257. The first-order valence-corrected chi connectivity index (χ1v) is 6.16. The number of benzene rings is 2. The van der Waals surface area contributed by atoms with Crippen LogP contribution in [0.4, 0.5) is 13.2 Å². The molecule has 2 nitrogen and oxygen atoms in total. The molecule has 2 N–H and O–H groups in total. The predicted octanol–water partition coefficient (Wildman–Crippen LogP) is 2.99. The van der Waals surface area contributed by atoms with Crippen LogP contribution >= 0.6 is 0 Å². The summed E-state index contributed by atoms with van der Waals surface area (Å²) in [7, 11) is 0. The van der Waals surface area contributed by atoms with Crippen molar-refractivity contribution < 1.29 is 17.9 Å². The van der Waals surface area contributed by atoms with E-state index in [0.717, 1.165) is 6.07 Å².